The Morgan fingerprint density at radius 2 is 1.95 bits per heavy atom. The summed E-state index contributed by atoms with van der Waals surface area (Å²) in [5, 5.41) is 2.93. The van der Waals surface area contributed by atoms with Crippen LogP contribution in [0.2, 0.25) is 0 Å². The molecule has 0 bridgehead atoms. The van der Waals surface area contributed by atoms with Gasteiger partial charge in [-0.05, 0) is 25.8 Å². The molecule has 114 valence electrons. The fraction of sp³-hybridized carbons (Fsp3) is 0.929. The van der Waals surface area contributed by atoms with Crippen LogP contribution in [0.25, 0.3) is 0 Å². The molecule has 0 rings (SSSR count). The minimum atomic E-state index is -0.0569. The van der Waals surface area contributed by atoms with Crippen molar-refractivity contribution in [3.8, 4) is 0 Å². The summed E-state index contributed by atoms with van der Waals surface area (Å²) in [4.78, 5) is 14.1. The number of carbonyl (C=O) groups excluding carboxylic acids is 1. The fourth-order valence-corrected chi connectivity index (χ4v) is 2.40. The van der Waals surface area contributed by atoms with Gasteiger partial charge in [-0.25, -0.2) is 0 Å². The molecule has 0 aliphatic rings. The van der Waals surface area contributed by atoms with E-state index in [-0.39, 0.29) is 11.4 Å². The van der Waals surface area contributed by atoms with Crippen molar-refractivity contribution in [1.29, 1.82) is 0 Å². The summed E-state index contributed by atoms with van der Waals surface area (Å²) in [6, 6.07) is 0. The molecule has 19 heavy (non-hydrogen) atoms. The predicted octanol–water partition coefficient (Wildman–Crippen LogP) is 0.979. The molecule has 0 aromatic carbocycles. The Labute approximate surface area is 117 Å². The highest BCUT2D eigenvalue weighted by atomic mass is 16.5. The van der Waals surface area contributed by atoms with Gasteiger partial charge in [-0.15, -0.1) is 0 Å². The van der Waals surface area contributed by atoms with Gasteiger partial charge in [-0.3, -0.25) is 9.69 Å². The highest BCUT2D eigenvalue weighted by molar-refractivity contribution is 5.78. The van der Waals surface area contributed by atoms with Gasteiger partial charge in [0.25, 0.3) is 0 Å². The van der Waals surface area contributed by atoms with Crippen molar-refractivity contribution in [2.75, 3.05) is 39.9 Å². The van der Waals surface area contributed by atoms with Crippen LogP contribution in [0.1, 0.15) is 40.0 Å². The largest absolute Gasteiger partial charge is 0.385 e. The number of rotatable bonds is 11. The maximum Gasteiger partial charge on any atom is 0.234 e. The van der Waals surface area contributed by atoms with Crippen molar-refractivity contribution in [2.24, 2.45) is 5.73 Å². The first kappa shape index (κ1) is 18.4. The van der Waals surface area contributed by atoms with E-state index in [0.29, 0.717) is 26.2 Å². The van der Waals surface area contributed by atoms with E-state index in [1.807, 2.05) is 0 Å². The molecule has 0 aromatic rings. The first-order valence-corrected chi connectivity index (χ1v) is 7.30. The number of ether oxygens (including phenoxy) is 1. The highest BCUT2D eigenvalue weighted by Gasteiger charge is 2.31. The summed E-state index contributed by atoms with van der Waals surface area (Å²) in [5.74, 6) is 0.0673. The van der Waals surface area contributed by atoms with Crippen LogP contribution in [0.5, 0.6) is 0 Å². The van der Waals surface area contributed by atoms with Crippen LogP contribution in [-0.2, 0) is 9.53 Å². The van der Waals surface area contributed by atoms with Gasteiger partial charge < -0.3 is 15.8 Å². The Morgan fingerprint density at radius 3 is 2.37 bits per heavy atom. The van der Waals surface area contributed by atoms with Gasteiger partial charge in [-0.1, -0.05) is 20.8 Å². The lowest BCUT2D eigenvalue weighted by Crippen LogP contribution is -2.56. The Kier molecular flexibility index (Phi) is 9.83. The van der Waals surface area contributed by atoms with E-state index in [2.05, 4.69) is 31.0 Å². The molecule has 0 saturated heterocycles. The van der Waals surface area contributed by atoms with Crippen LogP contribution < -0.4 is 11.1 Å². The van der Waals surface area contributed by atoms with Gasteiger partial charge in [0.2, 0.25) is 5.91 Å². The van der Waals surface area contributed by atoms with Crippen molar-refractivity contribution in [3.05, 3.63) is 0 Å². The summed E-state index contributed by atoms with van der Waals surface area (Å²) in [7, 11) is 1.67. The number of hydrogen-bond donors (Lipinski definition) is 2. The van der Waals surface area contributed by atoms with E-state index >= 15 is 0 Å². The van der Waals surface area contributed by atoms with E-state index in [0.717, 1.165) is 25.8 Å². The quantitative estimate of drug-likeness (QED) is 0.551. The zero-order valence-corrected chi connectivity index (χ0v) is 13.0. The second-order valence-corrected chi connectivity index (χ2v) is 4.85. The van der Waals surface area contributed by atoms with Gasteiger partial charge in [-0.2, -0.15) is 0 Å². The molecule has 0 saturated carbocycles. The Balaban J connectivity index is 4.34. The normalized spacial score (nSPS) is 11.9. The zero-order valence-electron chi connectivity index (χ0n) is 13.0. The summed E-state index contributed by atoms with van der Waals surface area (Å²) in [6.45, 7) is 9.53. The standard InChI is InChI=1S/C14H31N3O2/c1-5-14(6-2,12-15)17(7-3)11-13(18)16-9-8-10-19-4/h5-12,15H2,1-4H3,(H,16,18). The lowest BCUT2D eigenvalue weighted by atomic mass is 9.90. The summed E-state index contributed by atoms with van der Waals surface area (Å²) in [6.07, 6.45) is 2.77. The Bertz CT molecular complexity index is 235. The molecule has 0 unspecified atom stereocenters. The molecule has 1 amide bonds. The average molecular weight is 273 g/mol. The minimum absolute atomic E-state index is 0.0569. The summed E-state index contributed by atoms with van der Waals surface area (Å²) < 4.78 is 4.95. The molecular weight excluding hydrogens is 242 g/mol. The summed E-state index contributed by atoms with van der Waals surface area (Å²) in [5.41, 5.74) is 5.87. The van der Waals surface area contributed by atoms with Crippen LogP contribution >= 0.6 is 0 Å². The Hall–Kier alpha value is -0.650. The number of nitrogens with two attached hydrogens (primary N) is 1. The van der Waals surface area contributed by atoms with E-state index in [9.17, 15) is 4.79 Å². The van der Waals surface area contributed by atoms with Gasteiger partial charge in [0.15, 0.2) is 0 Å². The van der Waals surface area contributed by atoms with E-state index in [1.165, 1.54) is 0 Å². The maximum atomic E-state index is 11.9. The molecule has 3 N–H and O–H groups in total. The first-order valence-electron chi connectivity index (χ1n) is 7.30. The molecule has 0 heterocycles. The van der Waals surface area contributed by atoms with Crippen LogP contribution in [0, 0.1) is 0 Å². The molecule has 0 aliphatic heterocycles. The average Bonchev–Trinajstić information content (AvgIpc) is 2.44. The molecule has 0 aromatic heterocycles. The lowest BCUT2D eigenvalue weighted by molar-refractivity contribution is -0.124. The van der Waals surface area contributed by atoms with Crippen molar-refractivity contribution >= 4 is 5.91 Å². The highest BCUT2D eigenvalue weighted by Crippen LogP contribution is 2.22. The van der Waals surface area contributed by atoms with Crippen molar-refractivity contribution in [2.45, 2.75) is 45.6 Å². The van der Waals surface area contributed by atoms with E-state index in [1.54, 1.807) is 7.11 Å². The van der Waals surface area contributed by atoms with E-state index < -0.39 is 0 Å². The second kappa shape index (κ2) is 10.2. The molecule has 5 heteroatoms. The number of methoxy groups -OCH3 is 1. The summed E-state index contributed by atoms with van der Waals surface area (Å²) >= 11 is 0. The van der Waals surface area contributed by atoms with Crippen molar-refractivity contribution < 1.29 is 9.53 Å². The van der Waals surface area contributed by atoms with Crippen LogP contribution in [0.3, 0.4) is 0 Å². The smallest absolute Gasteiger partial charge is 0.234 e. The van der Waals surface area contributed by atoms with Crippen LogP contribution in [0.4, 0.5) is 0 Å². The number of nitrogens with one attached hydrogen (secondary N) is 1. The third kappa shape index (κ3) is 5.89. The SMILES string of the molecule is CCN(CC(=O)NCCCOC)C(CC)(CC)CN. The monoisotopic (exact) mass is 273 g/mol. The third-order valence-corrected chi connectivity index (χ3v) is 3.93. The molecule has 0 fully saturated rings. The van der Waals surface area contributed by atoms with Gasteiger partial charge >= 0.3 is 0 Å². The molecule has 0 aliphatic carbocycles. The van der Waals surface area contributed by atoms with Gasteiger partial charge in [0.05, 0.1) is 6.54 Å². The maximum absolute atomic E-state index is 11.9. The molecule has 5 nitrogen and oxygen atoms in total. The van der Waals surface area contributed by atoms with Crippen molar-refractivity contribution in [1.82, 2.24) is 10.2 Å². The third-order valence-electron chi connectivity index (χ3n) is 3.93. The zero-order chi connectivity index (χ0) is 14.7. The number of carbonyl (C=O) groups is 1. The lowest BCUT2D eigenvalue weighted by Gasteiger charge is -2.41. The number of likely N-dealkylation sites (N-methyl/N-ethyl adjacent to an activating group) is 1. The van der Waals surface area contributed by atoms with Gasteiger partial charge in [0, 0.05) is 32.3 Å². The van der Waals surface area contributed by atoms with Gasteiger partial charge in [0.1, 0.15) is 0 Å². The topological polar surface area (TPSA) is 67.6 Å². The van der Waals surface area contributed by atoms with E-state index in [4.69, 9.17) is 10.5 Å². The first-order chi connectivity index (χ1) is 9.10. The number of nitrogens with zero attached hydrogens (tertiary/aromatic N) is 1. The minimum Gasteiger partial charge on any atom is -0.385 e. The van der Waals surface area contributed by atoms with Crippen LogP contribution in [-0.4, -0.2) is 56.2 Å². The Morgan fingerprint density at radius 1 is 1.32 bits per heavy atom. The predicted molar refractivity (Wildman–Crippen MR) is 79.1 cm³/mol. The van der Waals surface area contributed by atoms with Crippen LogP contribution in [0.15, 0.2) is 0 Å². The molecule has 0 radical (unpaired) electrons. The number of hydrogen-bond acceptors (Lipinski definition) is 4. The molecule has 0 atom stereocenters. The molecular formula is C14H31N3O2. The fourth-order valence-electron chi connectivity index (χ4n) is 2.40. The molecule has 0 spiro atoms. The number of amides is 1. The van der Waals surface area contributed by atoms with Crippen molar-refractivity contribution in [3.63, 3.8) is 0 Å². The second-order valence-electron chi connectivity index (χ2n) is 4.85.